The second-order valence-electron chi connectivity index (χ2n) is 9.93. The van der Waals surface area contributed by atoms with Gasteiger partial charge in [0, 0.05) is 18.4 Å². The fourth-order valence-electron chi connectivity index (χ4n) is 5.45. The molecule has 6 rings (SSSR count). The molecule has 6 heteroatoms. The Kier molecular flexibility index (Phi) is 6.50. The minimum atomic E-state index is -0.250. The van der Waals surface area contributed by atoms with Gasteiger partial charge in [0.25, 0.3) is 0 Å². The zero-order valence-corrected chi connectivity index (χ0v) is 20.0. The number of fused-ring (bicyclic) bond motifs is 4. The predicted octanol–water partition coefficient (Wildman–Crippen LogP) is 5.02. The van der Waals surface area contributed by atoms with E-state index in [4.69, 9.17) is 0 Å². The quantitative estimate of drug-likeness (QED) is 0.472. The maximum absolute atomic E-state index is 13.5. The molecule has 0 radical (unpaired) electrons. The van der Waals surface area contributed by atoms with E-state index in [2.05, 4.69) is 50.5 Å². The van der Waals surface area contributed by atoms with Crippen LogP contribution in [0.2, 0.25) is 0 Å². The molecule has 0 unspecified atom stereocenters. The lowest BCUT2D eigenvalue weighted by Crippen LogP contribution is -2.55. The first kappa shape index (κ1) is 22.8. The molecule has 3 fully saturated rings. The Labute approximate surface area is 201 Å². The highest BCUT2D eigenvalue weighted by Gasteiger charge is 2.45. The Morgan fingerprint density at radius 3 is 2.56 bits per heavy atom. The highest BCUT2D eigenvalue weighted by Crippen LogP contribution is 2.41. The molecule has 6 nitrogen and oxygen atoms in total. The second kappa shape index (κ2) is 9.71. The van der Waals surface area contributed by atoms with Crippen LogP contribution in [0.15, 0.2) is 48.7 Å². The lowest BCUT2D eigenvalue weighted by Gasteiger charge is -2.47. The zero-order valence-electron chi connectivity index (χ0n) is 20.0. The van der Waals surface area contributed by atoms with Gasteiger partial charge in [-0.25, -0.2) is 4.98 Å². The van der Waals surface area contributed by atoms with Crippen molar-refractivity contribution in [2.45, 2.75) is 57.9 Å². The number of piperidine rings is 3. The normalized spacial score (nSPS) is 22.6. The van der Waals surface area contributed by atoms with Crippen molar-refractivity contribution in [1.82, 2.24) is 20.2 Å². The summed E-state index contributed by atoms with van der Waals surface area (Å²) in [7, 11) is 0. The highest BCUT2D eigenvalue weighted by atomic mass is 16.2. The summed E-state index contributed by atoms with van der Waals surface area (Å²) >= 11 is 0. The zero-order chi connectivity index (χ0) is 23.5. The van der Waals surface area contributed by atoms with E-state index in [0.29, 0.717) is 19.3 Å². The van der Waals surface area contributed by atoms with Crippen molar-refractivity contribution in [3.63, 3.8) is 0 Å². The summed E-state index contributed by atoms with van der Waals surface area (Å²) in [6.07, 6.45) is 7.19. The average Bonchev–Trinajstić information content (AvgIpc) is 3.39. The van der Waals surface area contributed by atoms with Gasteiger partial charge in [-0.05, 0) is 68.6 Å². The summed E-state index contributed by atoms with van der Waals surface area (Å²) < 4.78 is 0. The molecule has 1 amide bonds. The van der Waals surface area contributed by atoms with Crippen LogP contribution >= 0.6 is 0 Å². The van der Waals surface area contributed by atoms with Crippen LogP contribution in [0, 0.1) is 5.41 Å². The molecule has 4 heterocycles. The third-order valence-electron chi connectivity index (χ3n) is 7.84. The van der Waals surface area contributed by atoms with Crippen molar-refractivity contribution < 1.29 is 9.59 Å². The molecule has 0 saturated carbocycles. The molecular formula is C28H34N4O2. The Hall–Kier alpha value is -2.99. The van der Waals surface area contributed by atoms with Crippen molar-refractivity contribution >= 4 is 22.5 Å². The summed E-state index contributed by atoms with van der Waals surface area (Å²) in [5.41, 5.74) is 1.76. The number of rotatable bonds is 9. The number of aromatic amines is 1. The maximum Gasteiger partial charge on any atom is 0.226 e. The van der Waals surface area contributed by atoms with Crippen LogP contribution in [-0.2, 0) is 9.59 Å². The van der Waals surface area contributed by atoms with Gasteiger partial charge in [0.05, 0.1) is 23.3 Å². The van der Waals surface area contributed by atoms with Crippen LogP contribution in [0.5, 0.6) is 0 Å². The van der Waals surface area contributed by atoms with E-state index in [1.807, 2.05) is 25.3 Å². The van der Waals surface area contributed by atoms with Crippen LogP contribution in [0.3, 0.4) is 0 Å². The van der Waals surface area contributed by atoms with Gasteiger partial charge in [-0.3, -0.25) is 9.59 Å². The van der Waals surface area contributed by atoms with Crippen LogP contribution < -0.4 is 5.32 Å². The SMILES string of the molecule is CCC(=O)CCC[C@H](NC(=O)C12CCN(CC1)CC2)c1ncc(-c2ccc3ccccc3c2)[nH]1. The molecule has 1 atom stereocenters. The molecule has 3 saturated heterocycles. The van der Waals surface area contributed by atoms with Gasteiger partial charge < -0.3 is 15.2 Å². The number of H-pyrrole nitrogens is 1. The molecule has 0 spiro atoms. The van der Waals surface area contributed by atoms with Gasteiger partial charge in [-0.1, -0.05) is 43.3 Å². The summed E-state index contributed by atoms with van der Waals surface area (Å²) in [6, 6.07) is 14.5. The van der Waals surface area contributed by atoms with E-state index in [-0.39, 0.29) is 23.1 Å². The highest BCUT2D eigenvalue weighted by molar-refractivity contribution is 5.87. The first-order valence-corrected chi connectivity index (χ1v) is 12.7. The number of Topliss-reactive ketones (excluding diaryl/α,β-unsaturated/α-hetero) is 1. The first-order valence-electron chi connectivity index (χ1n) is 12.7. The number of hydrogen-bond acceptors (Lipinski definition) is 4. The summed E-state index contributed by atoms with van der Waals surface area (Å²) in [6.45, 7) is 4.93. The first-order chi connectivity index (χ1) is 16.6. The molecule has 3 aromatic rings. The largest absolute Gasteiger partial charge is 0.346 e. The molecule has 2 bridgehead atoms. The number of imidazole rings is 1. The number of benzene rings is 2. The number of hydrogen-bond donors (Lipinski definition) is 2. The van der Waals surface area contributed by atoms with Gasteiger partial charge in [-0.2, -0.15) is 0 Å². The molecule has 2 aromatic carbocycles. The Bertz CT molecular complexity index is 1160. The summed E-state index contributed by atoms with van der Waals surface area (Å²) in [5, 5.41) is 5.73. The van der Waals surface area contributed by atoms with Gasteiger partial charge in [0.15, 0.2) is 0 Å². The van der Waals surface area contributed by atoms with Crippen molar-refractivity contribution in [3.8, 4) is 11.3 Å². The minimum absolute atomic E-state index is 0.155. The van der Waals surface area contributed by atoms with E-state index in [1.165, 1.54) is 10.8 Å². The average molecular weight is 459 g/mol. The van der Waals surface area contributed by atoms with Crippen LogP contribution in [0.1, 0.15) is 63.7 Å². The molecule has 3 aliphatic heterocycles. The monoisotopic (exact) mass is 458 g/mol. The predicted molar refractivity (Wildman–Crippen MR) is 134 cm³/mol. The number of ketones is 1. The Morgan fingerprint density at radius 2 is 1.82 bits per heavy atom. The summed E-state index contributed by atoms with van der Waals surface area (Å²) in [5.74, 6) is 1.19. The Morgan fingerprint density at radius 1 is 1.09 bits per heavy atom. The fourth-order valence-corrected chi connectivity index (χ4v) is 5.45. The number of nitrogens with zero attached hydrogens (tertiary/aromatic N) is 2. The molecule has 1 aromatic heterocycles. The van der Waals surface area contributed by atoms with Crippen molar-refractivity contribution in [3.05, 3.63) is 54.5 Å². The molecule has 178 valence electrons. The van der Waals surface area contributed by atoms with Crippen molar-refractivity contribution in [1.29, 1.82) is 0 Å². The molecule has 3 aliphatic rings. The topological polar surface area (TPSA) is 78.1 Å². The Balaban J connectivity index is 1.36. The van der Waals surface area contributed by atoms with E-state index in [1.54, 1.807) is 0 Å². The van der Waals surface area contributed by atoms with E-state index >= 15 is 0 Å². The van der Waals surface area contributed by atoms with Crippen molar-refractivity contribution in [2.24, 2.45) is 5.41 Å². The molecule has 34 heavy (non-hydrogen) atoms. The standard InChI is InChI=1S/C28H34N4O2/c1-2-23(33)8-5-9-24(31-27(34)28-12-15-32(16-13-28)17-14-28)26-29-19-25(30-26)22-11-10-20-6-3-4-7-21(20)18-22/h3-4,6-7,10-11,18-19,24H,2,5,8-9,12-17H2,1H3,(H,29,30)(H,31,34)/t24-/m0/s1. The second-order valence-corrected chi connectivity index (χ2v) is 9.93. The number of carbonyl (C=O) groups excluding carboxylic acids is 2. The molecule has 0 aliphatic carbocycles. The third-order valence-corrected chi connectivity index (χ3v) is 7.84. The number of nitrogens with one attached hydrogen (secondary N) is 2. The lowest BCUT2D eigenvalue weighted by atomic mass is 9.71. The molecule has 2 N–H and O–H groups in total. The molecular weight excluding hydrogens is 424 g/mol. The number of amides is 1. The minimum Gasteiger partial charge on any atom is -0.346 e. The van der Waals surface area contributed by atoms with Crippen LogP contribution in [0.4, 0.5) is 0 Å². The maximum atomic E-state index is 13.5. The van der Waals surface area contributed by atoms with E-state index in [9.17, 15) is 9.59 Å². The number of carbonyl (C=O) groups is 2. The smallest absolute Gasteiger partial charge is 0.226 e. The van der Waals surface area contributed by atoms with Gasteiger partial charge in [-0.15, -0.1) is 0 Å². The van der Waals surface area contributed by atoms with Crippen LogP contribution in [0.25, 0.3) is 22.0 Å². The van der Waals surface area contributed by atoms with Gasteiger partial charge in [0.1, 0.15) is 11.6 Å². The number of aromatic nitrogens is 2. The summed E-state index contributed by atoms with van der Waals surface area (Å²) in [4.78, 5) is 36.0. The van der Waals surface area contributed by atoms with E-state index in [0.717, 1.165) is 62.4 Å². The third kappa shape index (κ3) is 4.64. The fraction of sp³-hybridized carbons (Fsp3) is 0.464. The van der Waals surface area contributed by atoms with Crippen LogP contribution in [-0.4, -0.2) is 46.2 Å². The van der Waals surface area contributed by atoms with Gasteiger partial charge >= 0.3 is 0 Å². The van der Waals surface area contributed by atoms with Gasteiger partial charge in [0.2, 0.25) is 5.91 Å². The van der Waals surface area contributed by atoms with Crippen molar-refractivity contribution in [2.75, 3.05) is 19.6 Å². The van der Waals surface area contributed by atoms with E-state index < -0.39 is 0 Å². The lowest BCUT2D eigenvalue weighted by molar-refractivity contribution is -0.139.